The maximum atomic E-state index is 12.8. The quantitative estimate of drug-likeness (QED) is 0.297. The first-order chi connectivity index (χ1) is 16.9. The smallest absolute Gasteiger partial charge is 0.339 e. The van der Waals surface area contributed by atoms with Crippen LogP contribution in [0.5, 0.6) is 0 Å². The molecule has 2 amide bonds. The fraction of sp³-hybridized carbons (Fsp3) is 0.0714. The van der Waals surface area contributed by atoms with E-state index in [1.54, 1.807) is 18.3 Å². The van der Waals surface area contributed by atoms with Gasteiger partial charge in [0, 0.05) is 17.8 Å². The minimum atomic E-state index is -0.630. The second-order valence-electron chi connectivity index (χ2n) is 7.83. The standard InChI is InChI=1S/C28H23N3O4/c1-18(20-10-9-19-6-3-4-7-21(19)15-20)14-26(32)31-25-16-22(11-12-24(25)28(34)35-2)27(33)30-23-8-5-13-29-17-23/h3-17H,1-2H3,(H,30,33)(H,31,32). The molecule has 1 aromatic heterocycles. The first kappa shape index (κ1) is 23.4. The molecule has 1 heterocycles. The normalized spacial score (nSPS) is 11.1. The highest BCUT2D eigenvalue weighted by Gasteiger charge is 2.17. The lowest BCUT2D eigenvalue weighted by Gasteiger charge is -2.12. The van der Waals surface area contributed by atoms with Crippen LogP contribution >= 0.6 is 0 Å². The van der Waals surface area contributed by atoms with Crippen molar-refractivity contribution in [2.45, 2.75) is 6.92 Å². The molecule has 0 unspecified atom stereocenters. The Labute approximate surface area is 202 Å². The number of rotatable bonds is 6. The van der Waals surface area contributed by atoms with Gasteiger partial charge in [-0.25, -0.2) is 4.79 Å². The molecule has 7 nitrogen and oxygen atoms in total. The number of nitrogens with zero attached hydrogens (tertiary/aromatic N) is 1. The van der Waals surface area contributed by atoms with Crippen molar-refractivity contribution in [3.8, 4) is 0 Å². The van der Waals surface area contributed by atoms with Gasteiger partial charge in [0.25, 0.3) is 5.91 Å². The molecule has 0 aliphatic heterocycles. The van der Waals surface area contributed by atoms with Gasteiger partial charge >= 0.3 is 5.97 Å². The molecule has 0 fully saturated rings. The van der Waals surface area contributed by atoms with E-state index in [4.69, 9.17) is 4.74 Å². The number of nitrogens with one attached hydrogen (secondary N) is 2. The number of carbonyl (C=O) groups excluding carboxylic acids is 3. The Hall–Kier alpha value is -4.78. The summed E-state index contributed by atoms with van der Waals surface area (Å²) in [5.41, 5.74) is 2.73. The van der Waals surface area contributed by atoms with Crippen LogP contribution in [0, 0.1) is 0 Å². The number of pyridine rings is 1. The minimum Gasteiger partial charge on any atom is -0.465 e. The predicted molar refractivity (Wildman–Crippen MR) is 136 cm³/mol. The summed E-state index contributed by atoms with van der Waals surface area (Å²) in [6, 6.07) is 21.7. The largest absolute Gasteiger partial charge is 0.465 e. The molecule has 0 atom stereocenters. The van der Waals surface area contributed by atoms with Crippen LogP contribution in [0.25, 0.3) is 16.3 Å². The number of carbonyl (C=O) groups is 3. The molecule has 0 saturated carbocycles. The number of aromatic nitrogens is 1. The van der Waals surface area contributed by atoms with Crippen molar-refractivity contribution in [3.05, 3.63) is 108 Å². The van der Waals surface area contributed by atoms with Crippen LogP contribution in [-0.2, 0) is 9.53 Å². The Kier molecular flexibility index (Phi) is 6.97. The Balaban J connectivity index is 1.58. The number of amides is 2. The molecule has 174 valence electrons. The number of benzene rings is 3. The van der Waals surface area contributed by atoms with Crippen LogP contribution in [0.15, 0.2) is 91.3 Å². The lowest BCUT2D eigenvalue weighted by Crippen LogP contribution is -2.16. The second kappa shape index (κ2) is 10.4. The van der Waals surface area contributed by atoms with Crippen molar-refractivity contribution in [1.82, 2.24) is 4.98 Å². The van der Waals surface area contributed by atoms with Gasteiger partial charge in [-0.2, -0.15) is 0 Å². The molecular formula is C28H23N3O4. The van der Waals surface area contributed by atoms with Crippen LogP contribution in [0.4, 0.5) is 11.4 Å². The Morgan fingerprint density at radius 3 is 2.37 bits per heavy atom. The zero-order valence-electron chi connectivity index (χ0n) is 19.2. The van der Waals surface area contributed by atoms with Gasteiger partial charge in [-0.15, -0.1) is 0 Å². The lowest BCUT2D eigenvalue weighted by molar-refractivity contribution is -0.111. The number of anilines is 2. The van der Waals surface area contributed by atoms with E-state index >= 15 is 0 Å². The molecule has 4 rings (SSSR count). The molecule has 0 radical (unpaired) electrons. The van der Waals surface area contributed by atoms with Gasteiger partial charge in [-0.3, -0.25) is 14.6 Å². The second-order valence-corrected chi connectivity index (χ2v) is 7.83. The van der Waals surface area contributed by atoms with E-state index in [-0.39, 0.29) is 16.8 Å². The SMILES string of the molecule is COC(=O)c1ccc(C(=O)Nc2cccnc2)cc1NC(=O)C=C(C)c1ccc2ccccc2c1. The van der Waals surface area contributed by atoms with Gasteiger partial charge in [0.1, 0.15) is 0 Å². The van der Waals surface area contributed by atoms with Crippen LogP contribution in [-0.4, -0.2) is 29.9 Å². The third kappa shape index (κ3) is 5.59. The van der Waals surface area contributed by atoms with E-state index in [0.29, 0.717) is 5.69 Å². The summed E-state index contributed by atoms with van der Waals surface area (Å²) < 4.78 is 4.83. The van der Waals surface area contributed by atoms with E-state index in [2.05, 4.69) is 15.6 Å². The molecule has 4 aromatic rings. The highest BCUT2D eigenvalue weighted by molar-refractivity contribution is 6.10. The lowest BCUT2D eigenvalue weighted by atomic mass is 10.0. The van der Waals surface area contributed by atoms with Gasteiger partial charge < -0.3 is 15.4 Å². The van der Waals surface area contributed by atoms with Crippen molar-refractivity contribution < 1.29 is 19.1 Å². The minimum absolute atomic E-state index is 0.135. The highest BCUT2D eigenvalue weighted by Crippen LogP contribution is 2.23. The van der Waals surface area contributed by atoms with E-state index in [0.717, 1.165) is 21.9 Å². The van der Waals surface area contributed by atoms with Gasteiger partial charge in [-0.05, 0) is 65.2 Å². The van der Waals surface area contributed by atoms with Crippen LogP contribution in [0.1, 0.15) is 33.2 Å². The van der Waals surface area contributed by atoms with Gasteiger partial charge in [0.05, 0.1) is 30.2 Å². The summed E-state index contributed by atoms with van der Waals surface area (Å²) in [4.78, 5) is 41.8. The molecular weight excluding hydrogens is 442 g/mol. The highest BCUT2D eigenvalue weighted by atomic mass is 16.5. The van der Waals surface area contributed by atoms with Crippen molar-refractivity contribution in [2.24, 2.45) is 0 Å². The fourth-order valence-electron chi connectivity index (χ4n) is 3.60. The molecule has 0 aliphatic carbocycles. The van der Waals surface area contributed by atoms with Crippen molar-refractivity contribution in [3.63, 3.8) is 0 Å². The maximum absolute atomic E-state index is 12.8. The number of hydrogen-bond acceptors (Lipinski definition) is 5. The zero-order valence-corrected chi connectivity index (χ0v) is 19.2. The summed E-state index contributed by atoms with van der Waals surface area (Å²) in [6.45, 7) is 1.84. The van der Waals surface area contributed by atoms with Gasteiger partial charge in [0.15, 0.2) is 0 Å². The van der Waals surface area contributed by atoms with Crippen LogP contribution in [0.3, 0.4) is 0 Å². The number of ether oxygens (including phenoxy) is 1. The van der Waals surface area contributed by atoms with Crippen molar-refractivity contribution >= 4 is 45.5 Å². The average Bonchev–Trinajstić information content (AvgIpc) is 2.88. The fourth-order valence-corrected chi connectivity index (χ4v) is 3.60. The third-order valence-corrected chi connectivity index (χ3v) is 5.42. The summed E-state index contributed by atoms with van der Waals surface area (Å²) in [5.74, 6) is -1.48. The Morgan fingerprint density at radius 1 is 0.857 bits per heavy atom. The molecule has 7 heteroatoms. The summed E-state index contributed by atoms with van der Waals surface area (Å²) in [6.07, 6.45) is 4.57. The Bertz CT molecular complexity index is 1450. The topological polar surface area (TPSA) is 97.4 Å². The van der Waals surface area contributed by atoms with E-state index in [1.165, 1.54) is 37.6 Å². The molecule has 3 aromatic carbocycles. The molecule has 0 saturated heterocycles. The van der Waals surface area contributed by atoms with E-state index in [9.17, 15) is 14.4 Å². The molecule has 0 bridgehead atoms. The molecule has 35 heavy (non-hydrogen) atoms. The number of esters is 1. The van der Waals surface area contributed by atoms with Gasteiger partial charge in [0.2, 0.25) is 5.91 Å². The predicted octanol–water partition coefficient (Wildman–Crippen LogP) is 5.32. The van der Waals surface area contributed by atoms with Crippen molar-refractivity contribution in [1.29, 1.82) is 0 Å². The van der Waals surface area contributed by atoms with E-state index < -0.39 is 17.8 Å². The number of hydrogen-bond donors (Lipinski definition) is 2. The monoisotopic (exact) mass is 465 g/mol. The molecule has 2 N–H and O–H groups in total. The van der Waals surface area contributed by atoms with Crippen LogP contribution in [0.2, 0.25) is 0 Å². The van der Waals surface area contributed by atoms with Crippen LogP contribution < -0.4 is 10.6 Å². The first-order valence-electron chi connectivity index (χ1n) is 10.9. The number of methoxy groups -OCH3 is 1. The summed E-state index contributed by atoms with van der Waals surface area (Å²) in [7, 11) is 1.25. The molecule has 0 spiro atoms. The van der Waals surface area contributed by atoms with E-state index in [1.807, 2.05) is 49.4 Å². The summed E-state index contributed by atoms with van der Waals surface area (Å²) >= 11 is 0. The maximum Gasteiger partial charge on any atom is 0.339 e. The van der Waals surface area contributed by atoms with Crippen molar-refractivity contribution in [2.75, 3.05) is 17.7 Å². The first-order valence-corrected chi connectivity index (χ1v) is 10.9. The third-order valence-electron chi connectivity index (χ3n) is 5.42. The number of fused-ring (bicyclic) bond motifs is 1. The average molecular weight is 466 g/mol. The van der Waals surface area contributed by atoms with Gasteiger partial charge in [-0.1, -0.05) is 36.4 Å². The molecule has 0 aliphatic rings. The zero-order chi connectivity index (χ0) is 24.8. The summed E-state index contributed by atoms with van der Waals surface area (Å²) in [5, 5.41) is 7.62. The number of allylic oxidation sites excluding steroid dienone is 1. The Morgan fingerprint density at radius 2 is 1.63 bits per heavy atom.